The molecule has 0 radical (unpaired) electrons. The van der Waals surface area contributed by atoms with Gasteiger partial charge in [-0.05, 0) is 37.3 Å². The summed E-state index contributed by atoms with van der Waals surface area (Å²) in [5.74, 6) is 0.315. The van der Waals surface area contributed by atoms with Gasteiger partial charge >= 0.3 is 0 Å². The Balaban J connectivity index is 4.47. The van der Waals surface area contributed by atoms with E-state index in [4.69, 9.17) is 0 Å². The van der Waals surface area contributed by atoms with Crippen LogP contribution in [0.15, 0.2) is 11.6 Å². The molecule has 20 heavy (non-hydrogen) atoms. The summed E-state index contributed by atoms with van der Waals surface area (Å²) in [5.41, 5.74) is 0.774. The predicted molar refractivity (Wildman–Crippen MR) is 85.9 cm³/mol. The van der Waals surface area contributed by atoms with Gasteiger partial charge in [-0.2, -0.15) is 0 Å². The summed E-state index contributed by atoms with van der Waals surface area (Å²) < 4.78 is 0. The molecule has 0 heterocycles. The van der Waals surface area contributed by atoms with Gasteiger partial charge in [-0.15, -0.1) is 0 Å². The molecule has 2 heteroatoms. The van der Waals surface area contributed by atoms with Crippen molar-refractivity contribution in [1.82, 2.24) is 0 Å². The highest BCUT2D eigenvalue weighted by molar-refractivity contribution is 6.02. The van der Waals surface area contributed by atoms with Gasteiger partial charge in [0.15, 0.2) is 11.6 Å². The lowest BCUT2D eigenvalue weighted by atomic mass is 9.97. The molecule has 0 aliphatic heterocycles. The third kappa shape index (κ3) is 9.94. The molecule has 0 unspecified atom stereocenters. The van der Waals surface area contributed by atoms with Gasteiger partial charge in [0.05, 0.1) is 0 Å². The van der Waals surface area contributed by atoms with Gasteiger partial charge in [0.25, 0.3) is 0 Å². The highest BCUT2D eigenvalue weighted by atomic mass is 16.1. The van der Waals surface area contributed by atoms with Crippen molar-refractivity contribution in [2.45, 2.75) is 91.4 Å². The van der Waals surface area contributed by atoms with E-state index in [0.717, 1.165) is 50.5 Å². The van der Waals surface area contributed by atoms with Crippen molar-refractivity contribution < 1.29 is 9.59 Å². The first kappa shape index (κ1) is 19.1. The van der Waals surface area contributed by atoms with Crippen LogP contribution in [0.3, 0.4) is 0 Å². The van der Waals surface area contributed by atoms with E-state index in [1.807, 2.05) is 0 Å². The van der Waals surface area contributed by atoms with E-state index < -0.39 is 0 Å². The molecule has 0 bridgehead atoms. The molecule has 0 aromatic rings. The average Bonchev–Trinajstić information content (AvgIpc) is 2.45. The molecule has 0 atom stereocenters. The summed E-state index contributed by atoms with van der Waals surface area (Å²) in [6, 6.07) is 0. The first-order valence-corrected chi connectivity index (χ1v) is 8.42. The minimum Gasteiger partial charge on any atom is -0.295 e. The fraction of sp³-hybridized carbons (Fsp3) is 0.778. The van der Waals surface area contributed by atoms with Crippen LogP contribution < -0.4 is 0 Å². The van der Waals surface area contributed by atoms with E-state index in [9.17, 15) is 9.59 Å². The lowest BCUT2D eigenvalue weighted by Crippen LogP contribution is -2.06. The maximum Gasteiger partial charge on any atom is 0.158 e. The van der Waals surface area contributed by atoms with Gasteiger partial charge in [-0.1, -0.05) is 52.9 Å². The lowest BCUT2D eigenvalue weighted by molar-refractivity contribution is -0.117. The van der Waals surface area contributed by atoms with Crippen LogP contribution in [0.1, 0.15) is 91.4 Å². The SMILES string of the molecule is CCCCCCC(=CC(=O)CCCC)C(=O)CCCC. The molecule has 0 aliphatic carbocycles. The molecule has 0 spiro atoms. The number of rotatable bonds is 13. The van der Waals surface area contributed by atoms with Gasteiger partial charge in [0.2, 0.25) is 0 Å². The molecular formula is C18H32O2. The minimum absolute atomic E-state index is 0.127. The molecule has 116 valence electrons. The zero-order valence-electron chi connectivity index (χ0n) is 13.7. The molecule has 0 saturated heterocycles. The van der Waals surface area contributed by atoms with Crippen molar-refractivity contribution in [2.24, 2.45) is 0 Å². The molecule has 0 aliphatic rings. The average molecular weight is 280 g/mol. The Bertz CT molecular complexity index is 303. The summed E-state index contributed by atoms with van der Waals surface area (Å²) in [6.07, 6.45) is 12.1. The number of unbranched alkanes of at least 4 members (excludes halogenated alkanes) is 5. The quantitative estimate of drug-likeness (QED) is 0.334. The molecule has 0 fully saturated rings. The molecule has 0 N–H and O–H groups in total. The topological polar surface area (TPSA) is 34.1 Å². The summed E-state index contributed by atoms with van der Waals surface area (Å²) in [6.45, 7) is 6.34. The number of ketones is 2. The summed E-state index contributed by atoms with van der Waals surface area (Å²) in [5, 5.41) is 0. The number of carbonyl (C=O) groups excluding carboxylic acids is 2. The maximum atomic E-state index is 12.2. The Hall–Kier alpha value is -0.920. The van der Waals surface area contributed by atoms with Crippen molar-refractivity contribution in [3.05, 3.63) is 11.6 Å². The van der Waals surface area contributed by atoms with Crippen LogP contribution in [0.5, 0.6) is 0 Å². The van der Waals surface area contributed by atoms with Gasteiger partial charge in [-0.3, -0.25) is 9.59 Å². The first-order valence-electron chi connectivity index (χ1n) is 8.42. The van der Waals surface area contributed by atoms with Gasteiger partial charge < -0.3 is 0 Å². The third-order valence-corrected chi connectivity index (χ3v) is 3.53. The van der Waals surface area contributed by atoms with Crippen molar-refractivity contribution in [2.75, 3.05) is 0 Å². The smallest absolute Gasteiger partial charge is 0.158 e. The number of Topliss-reactive ketones (excluding diaryl/α,β-unsaturated/α-hetero) is 1. The standard InChI is InChI=1S/C18H32O2/c1-4-7-10-11-12-16(18(20)14-9-6-3)15-17(19)13-8-5-2/h15H,4-14H2,1-3H3. The van der Waals surface area contributed by atoms with Crippen molar-refractivity contribution in [3.8, 4) is 0 Å². The van der Waals surface area contributed by atoms with E-state index in [1.54, 1.807) is 6.08 Å². The Kier molecular flexibility index (Phi) is 12.5. The van der Waals surface area contributed by atoms with E-state index in [1.165, 1.54) is 12.8 Å². The first-order chi connectivity index (χ1) is 9.65. The normalized spacial score (nSPS) is 11.7. The third-order valence-electron chi connectivity index (χ3n) is 3.53. The molecule has 0 aromatic carbocycles. The molecule has 0 saturated carbocycles. The minimum atomic E-state index is 0.127. The number of hydrogen-bond donors (Lipinski definition) is 0. The second kappa shape index (κ2) is 13.1. The number of hydrogen-bond acceptors (Lipinski definition) is 2. The zero-order chi connectivity index (χ0) is 15.2. The van der Waals surface area contributed by atoms with Crippen LogP contribution in [0.25, 0.3) is 0 Å². The molecule has 2 nitrogen and oxygen atoms in total. The van der Waals surface area contributed by atoms with Crippen LogP contribution in [-0.4, -0.2) is 11.6 Å². The predicted octanol–water partition coefficient (Wildman–Crippen LogP) is 5.40. The Morgan fingerprint density at radius 3 is 1.90 bits per heavy atom. The number of carbonyl (C=O) groups is 2. The van der Waals surface area contributed by atoms with E-state index in [2.05, 4.69) is 20.8 Å². The second-order valence-corrected chi connectivity index (χ2v) is 5.58. The largest absolute Gasteiger partial charge is 0.295 e. The maximum absolute atomic E-state index is 12.2. The highest BCUT2D eigenvalue weighted by Gasteiger charge is 2.11. The fourth-order valence-corrected chi connectivity index (χ4v) is 2.15. The highest BCUT2D eigenvalue weighted by Crippen LogP contribution is 2.15. The Morgan fingerprint density at radius 2 is 1.30 bits per heavy atom. The van der Waals surface area contributed by atoms with Crippen LogP contribution in [0, 0.1) is 0 Å². The van der Waals surface area contributed by atoms with Crippen molar-refractivity contribution in [3.63, 3.8) is 0 Å². The van der Waals surface area contributed by atoms with Gasteiger partial charge in [-0.25, -0.2) is 0 Å². The Labute approximate surface area is 125 Å². The van der Waals surface area contributed by atoms with E-state index >= 15 is 0 Å². The fourth-order valence-electron chi connectivity index (χ4n) is 2.15. The van der Waals surface area contributed by atoms with Crippen LogP contribution in [0.2, 0.25) is 0 Å². The molecular weight excluding hydrogens is 248 g/mol. The summed E-state index contributed by atoms with van der Waals surface area (Å²) >= 11 is 0. The van der Waals surface area contributed by atoms with Gasteiger partial charge in [0, 0.05) is 12.8 Å². The summed E-state index contributed by atoms with van der Waals surface area (Å²) in [7, 11) is 0. The molecule has 0 amide bonds. The van der Waals surface area contributed by atoms with Crippen LogP contribution >= 0.6 is 0 Å². The summed E-state index contributed by atoms with van der Waals surface area (Å²) in [4.78, 5) is 24.0. The zero-order valence-corrected chi connectivity index (χ0v) is 13.7. The molecule has 0 aromatic heterocycles. The Morgan fingerprint density at radius 1 is 0.700 bits per heavy atom. The molecule has 0 rings (SSSR count). The van der Waals surface area contributed by atoms with E-state index in [-0.39, 0.29) is 11.6 Å². The van der Waals surface area contributed by atoms with Gasteiger partial charge in [0.1, 0.15) is 0 Å². The second-order valence-electron chi connectivity index (χ2n) is 5.58. The van der Waals surface area contributed by atoms with Crippen LogP contribution in [0.4, 0.5) is 0 Å². The van der Waals surface area contributed by atoms with Crippen molar-refractivity contribution in [1.29, 1.82) is 0 Å². The monoisotopic (exact) mass is 280 g/mol. The number of allylic oxidation sites excluding steroid dienone is 2. The van der Waals surface area contributed by atoms with Crippen molar-refractivity contribution >= 4 is 11.6 Å². The van der Waals surface area contributed by atoms with Crippen LogP contribution in [-0.2, 0) is 9.59 Å². The lowest BCUT2D eigenvalue weighted by Gasteiger charge is -2.06. The van der Waals surface area contributed by atoms with E-state index in [0.29, 0.717) is 12.8 Å².